The summed E-state index contributed by atoms with van der Waals surface area (Å²) in [5, 5.41) is 2.80. The first-order valence-corrected chi connectivity index (χ1v) is 8.42. The molecule has 0 aliphatic rings. The highest BCUT2D eigenvalue weighted by molar-refractivity contribution is 5.95. The van der Waals surface area contributed by atoms with Gasteiger partial charge in [0.2, 0.25) is 5.91 Å². The van der Waals surface area contributed by atoms with E-state index in [1.54, 1.807) is 42.5 Å². The van der Waals surface area contributed by atoms with Gasteiger partial charge in [0.1, 0.15) is 6.61 Å². The summed E-state index contributed by atoms with van der Waals surface area (Å²) in [5.41, 5.74) is 1.27. The van der Waals surface area contributed by atoms with Gasteiger partial charge in [-0.3, -0.25) is 9.59 Å². The number of para-hydroxylation sites is 1. The molecule has 0 aliphatic heterocycles. The Bertz CT molecular complexity index is 747. The van der Waals surface area contributed by atoms with E-state index in [2.05, 4.69) is 5.32 Å². The number of Topliss-reactive ketones (excluding diaryl/α,β-unsaturated/α-hetero) is 1. The molecule has 2 rings (SSSR count). The van der Waals surface area contributed by atoms with Crippen LogP contribution in [-0.4, -0.2) is 43.3 Å². The number of nitrogens with one attached hydrogen (secondary N) is 1. The molecule has 1 amide bonds. The van der Waals surface area contributed by atoms with Gasteiger partial charge in [-0.15, -0.1) is 0 Å². The van der Waals surface area contributed by atoms with Crippen molar-refractivity contribution in [2.45, 2.75) is 13.3 Å². The Morgan fingerprint density at radius 1 is 1.08 bits per heavy atom. The summed E-state index contributed by atoms with van der Waals surface area (Å²) >= 11 is 0. The maximum absolute atomic E-state index is 13.4. The Morgan fingerprint density at radius 2 is 1.77 bits per heavy atom. The standard InChI is InChI=1S/C20H23FN2O3/c1-15(24)16-7-9-17(10-8-16)22-20(25)11-12-23(2)13-14-26-19-6-4-3-5-18(19)21/h3-10H,11-14H2,1-2H3,(H,22,25). The van der Waals surface area contributed by atoms with E-state index in [1.165, 1.54) is 13.0 Å². The number of ether oxygens (including phenoxy) is 1. The molecule has 0 saturated heterocycles. The molecule has 6 heteroatoms. The smallest absolute Gasteiger partial charge is 0.225 e. The molecule has 1 N–H and O–H groups in total. The number of anilines is 1. The summed E-state index contributed by atoms with van der Waals surface area (Å²) < 4.78 is 18.8. The zero-order valence-corrected chi connectivity index (χ0v) is 15.0. The van der Waals surface area contributed by atoms with Gasteiger partial charge in [0.25, 0.3) is 0 Å². The summed E-state index contributed by atoms with van der Waals surface area (Å²) in [5.74, 6) is -0.275. The highest BCUT2D eigenvalue weighted by atomic mass is 19.1. The molecule has 0 radical (unpaired) electrons. The molecule has 5 nitrogen and oxygen atoms in total. The third-order valence-electron chi connectivity index (χ3n) is 3.86. The highest BCUT2D eigenvalue weighted by Crippen LogP contribution is 2.15. The van der Waals surface area contributed by atoms with Crippen molar-refractivity contribution < 1.29 is 18.7 Å². The van der Waals surface area contributed by atoms with Gasteiger partial charge in [0, 0.05) is 30.8 Å². The van der Waals surface area contributed by atoms with Crippen molar-refractivity contribution in [3.63, 3.8) is 0 Å². The second-order valence-electron chi connectivity index (χ2n) is 6.01. The lowest BCUT2D eigenvalue weighted by Crippen LogP contribution is -2.28. The first-order valence-electron chi connectivity index (χ1n) is 8.42. The van der Waals surface area contributed by atoms with Gasteiger partial charge in [-0.2, -0.15) is 0 Å². The van der Waals surface area contributed by atoms with Crippen molar-refractivity contribution in [3.05, 3.63) is 59.9 Å². The van der Waals surface area contributed by atoms with Crippen molar-refractivity contribution in [3.8, 4) is 5.75 Å². The molecule has 0 heterocycles. The van der Waals surface area contributed by atoms with Crippen LogP contribution in [0.15, 0.2) is 48.5 Å². The maximum atomic E-state index is 13.4. The molecule has 26 heavy (non-hydrogen) atoms. The van der Waals surface area contributed by atoms with Crippen LogP contribution in [-0.2, 0) is 4.79 Å². The zero-order valence-electron chi connectivity index (χ0n) is 15.0. The van der Waals surface area contributed by atoms with E-state index in [-0.39, 0.29) is 23.3 Å². The van der Waals surface area contributed by atoms with Crippen LogP contribution in [0, 0.1) is 5.82 Å². The Kier molecular flexibility index (Phi) is 7.29. The SMILES string of the molecule is CC(=O)c1ccc(NC(=O)CCN(C)CCOc2ccccc2F)cc1. The quantitative estimate of drug-likeness (QED) is 0.698. The monoisotopic (exact) mass is 358 g/mol. The summed E-state index contributed by atoms with van der Waals surface area (Å²) in [4.78, 5) is 25.2. The lowest BCUT2D eigenvalue weighted by Gasteiger charge is -2.17. The number of halogens is 1. The summed E-state index contributed by atoms with van der Waals surface area (Å²) in [6.07, 6.45) is 0.324. The van der Waals surface area contributed by atoms with Crippen molar-refractivity contribution in [2.24, 2.45) is 0 Å². The number of likely N-dealkylation sites (N-methyl/N-ethyl adjacent to an activating group) is 1. The molecule has 2 aromatic rings. The van der Waals surface area contributed by atoms with Crippen molar-refractivity contribution >= 4 is 17.4 Å². The van der Waals surface area contributed by atoms with E-state index < -0.39 is 0 Å². The van der Waals surface area contributed by atoms with Gasteiger partial charge in [-0.25, -0.2) is 4.39 Å². The Labute approximate surface area is 152 Å². The van der Waals surface area contributed by atoms with Crippen molar-refractivity contribution in [1.29, 1.82) is 0 Å². The Morgan fingerprint density at radius 3 is 2.42 bits per heavy atom. The minimum atomic E-state index is -0.384. The molecule has 0 fully saturated rings. The van der Waals surface area contributed by atoms with E-state index in [1.807, 2.05) is 11.9 Å². The van der Waals surface area contributed by atoms with Gasteiger partial charge in [-0.05, 0) is 50.4 Å². The predicted molar refractivity (Wildman–Crippen MR) is 99.1 cm³/mol. The molecule has 0 bridgehead atoms. The number of benzene rings is 2. The first-order chi connectivity index (χ1) is 12.5. The van der Waals surface area contributed by atoms with E-state index in [9.17, 15) is 14.0 Å². The summed E-state index contributed by atoms with van der Waals surface area (Å²) in [6.45, 7) is 2.97. The number of hydrogen-bond donors (Lipinski definition) is 1. The van der Waals surface area contributed by atoms with Crippen LogP contribution in [0.1, 0.15) is 23.7 Å². The molecule has 0 unspecified atom stereocenters. The Hall–Kier alpha value is -2.73. The molecule has 0 aliphatic carbocycles. The average Bonchev–Trinajstić information content (AvgIpc) is 2.62. The number of amides is 1. The van der Waals surface area contributed by atoms with Crippen LogP contribution >= 0.6 is 0 Å². The molecule has 0 atom stereocenters. The number of nitrogens with zero attached hydrogens (tertiary/aromatic N) is 1. The molecule has 2 aromatic carbocycles. The Balaban J connectivity index is 1.68. The molecule has 0 aromatic heterocycles. The summed E-state index contributed by atoms with van der Waals surface area (Å²) in [7, 11) is 1.87. The normalized spacial score (nSPS) is 10.6. The average molecular weight is 358 g/mol. The van der Waals surface area contributed by atoms with E-state index in [0.29, 0.717) is 37.4 Å². The van der Waals surface area contributed by atoms with E-state index in [0.717, 1.165) is 0 Å². The van der Waals surface area contributed by atoms with Crippen LogP contribution < -0.4 is 10.1 Å². The fourth-order valence-electron chi connectivity index (χ4n) is 2.29. The number of rotatable bonds is 9. The van der Waals surface area contributed by atoms with Gasteiger partial charge in [0.05, 0.1) is 0 Å². The van der Waals surface area contributed by atoms with Crippen molar-refractivity contribution in [2.75, 3.05) is 32.1 Å². The maximum Gasteiger partial charge on any atom is 0.225 e. The predicted octanol–water partition coefficient (Wildman–Crippen LogP) is 3.37. The number of hydrogen-bond acceptors (Lipinski definition) is 4. The molecule has 0 saturated carbocycles. The van der Waals surface area contributed by atoms with Crippen molar-refractivity contribution in [1.82, 2.24) is 4.90 Å². The minimum Gasteiger partial charge on any atom is -0.489 e. The number of carbonyl (C=O) groups is 2. The van der Waals surface area contributed by atoms with E-state index >= 15 is 0 Å². The second kappa shape index (κ2) is 9.68. The third-order valence-corrected chi connectivity index (χ3v) is 3.86. The largest absolute Gasteiger partial charge is 0.489 e. The number of carbonyl (C=O) groups excluding carboxylic acids is 2. The first kappa shape index (κ1) is 19.6. The van der Waals surface area contributed by atoms with Crippen LogP contribution in [0.2, 0.25) is 0 Å². The second-order valence-corrected chi connectivity index (χ2v) is 6.01. The number of ketones is 1. The molecule has 0 spiro atoms. The van der Waals surface area contributed by atoms with Crippen LogP contribution in [0.3, 0.4) is 0 Å². The highest BCUT2D eigenvalue weighted by Gasteiger charge is 2.07. The van der Waals surface area contributed by atoms with E-state index in [4.69, 9.17) is 4.74 Å². The molecular formula is C20H23FN2O3. The van der Waals surface area contributed by atoms with Crippen LogP contribution in [0.5, 0.6) is 5.75 Å². The van der Waals surface area contributed by atoms with Gasteiger partial charge < -0.3 is 15.0 Å². The van der Waals surface area contributed by atoms with Crippen LogP contribution in [0.25, 0.3) is 0 Å². The third kappa shape index (κ3) is 6.29. The lowest BCUT2D eigenvalue weighted by atomic mass is 10.1. The topological polar surface area (TPSA) is 58.6 Å². The molecule has 138 valence electrons. The molecular weight excluding hydrogens is 335 g/mol. The zero-order chi connectivity index (χ0) is 18.9. The van der Waals surface area contributed by atoms with Gasteiger partial charge in [0.15, 0.2) is 17.3 Å². The van der Waals surface area contributed by atoms with Gasteiger partial charge in [-0.1, -0.05) is 12.1 Å². The fraction of sp³-hybridized carbons (Fsp3) is 0.300. The van der Waals surface area contributed by atoms with Gasteiger partial charge >= 0.3 is 0 Å². The fourth-order valence-corrected chi connectivity index (χ4v) is 2.29. The minimum absolute atomic E-state index is 0.0119. The summed E-state index contributed by atoms with van der Waals surface area (Å²) in [6, 6.07) is 13.1. The lowest BCUT2D eigenvalue weighted by molar-refractivity contribution is -0.116. The van der Waals surface area contributed by atoms with Crippen LogP contribution in [0.4, 0.5) is 10.1 Å².